The molecule has 0 bridgehead atoms. The van der Waals surface area contributed by atoms with Crippen LogP contribution in [-0.2, 0) is 17.0 Å². The molecule has 0 radical (unpaired) electrons. The quantitative estimate of drug-likeness (QED) is 0.260. The van der Waals surface area contributed by atoms with Gasteiger partial charge in [-0.2, -0.15) is 5.26 Å². The number of carboxylic acid groups (broad SMARTS) is 1. The van der Waals surface area contributed by atoms with Crippen molar-refractivity contribution in [3.63, 3.8) is 0 Å². The first-order valence-corrected chi connectivity index (χ1v) is 13.9. The Morgan fingerprint density at radius 3 is 2.51 bits per heavy atom. The lowest BCUT2D eigenvalue weighted by Gasteiger charge is -2.13. The van der Waals surface area contributed by atoms with Gasteiger partial charge in [0.25, 0.3) is 5.97 Å². The number of hydrogen-bond donors (Lipinski definition) is 1. The van der Waals surface area contributed by atoms with Crippen LogP contribution in [0.1, 0.15) is 40.6 Å². The van der Waals surface area contributed by atoms with Crippen molar-refractivity contribution >= 4 is 63.7 Å². The molecular weight excluding hydrogens is 516 g/mol. The summed E-state index contributed by atoms with van der Waals surface area (Å²) in [6, 6.07) is 18.7. The number of carbonyl (C=O) groups is 1. The summed E-state index contributed by atoms with van der Waals surface area (Å²) in [6.45, 7) is 1.08. The molecule has 1 aromatic carbocycles. The maximum Gasteiger partial charge on any atom is 0.300 e. The van der Waals surface area contributed by atoms with Gasteiger partial charge in [-0.05, 0) is 70.6 Å². The van der Waals surface area contributed by atoms with Crippen molar-refractivity contribution in [1.29, 1.82) is 5.26 Å². The summed E-state index contributed by atoms with van der Waals surface area (Å²) in [5, 5.41) is 23.2. The van der Waals surface area contributed by atoms with Crippen LogP contribution in [0.3, 0.4) is 0 Å². The Kier molecular flexibility index (Phi) is 8.42. The fraction of sp³-hybridized carbons (Fsp3) is 0.148. The maximum atomic E-state index is 10.1. The van der Waals surface area contributed by atoms with Gasteiger partial charge in [0, 0.05) is 33.0 Å². The lowest BCUT2D eigenvalue weighted by molar-refractivity contribution is -0.134. The summed E-state index contributed by atoms with van der Waals surface area (Å²) < 4.78 is 0. The number of fused-ring (bicyclic) bond motifs is 1. The van der Waals surface area contributed by atoms with Crippen LogP contribution in [0.4, 0.5) is 0 Å². The van der Waals surface area contributed by atoms with Gasteiger partial charge in [0.1, 0.15) is 11.1 Å². The van der Waals surface area contributed by atoms with Crippen molar-refractivity contribution in [2.45, 2.75) is 30.5 Å². The number of aliphatic carboxylic acids is 1. The zero-order valence-electron chi connectivity index (χ0n) is 18.8. The highest BCUT2D eigenvalue weighted by Gasteiger charge is 2.27. The number of pyridine rings is 1. The monoisotopic (exact) mass is 536 g/mol. The summed E-state index contributed by atoms with van der Waals surface area (Å²) >= 11 is 11.1. The molecule has 0 fully saturated rings. The van der Waals surface area contributed by atoms with E-state index in [1.54, 1.807) is 34.4 Å². The van der Waals surface area contributed by atoms with Crippen molar-refractivity contribution in [3.05, 3.63) is 91.6 Å². The summed E-state index contributed by atoms with van der Waals surface area (Å²) in [5.41, 5.74) is 6.43. The molecular formula is C27H21ClN2O2S3. The maximum absolute atomic E-state index is 10.1. The van der Waals surface area contributed by atoms with E-state index in [0.29, 0.717) is 5.56 Å². The van der Waals surface area contributed by atoms with Gasteiger partial charge in [-0.25, -0.2) is 4.98 Å². The van der Waals surface area contributed by atoms with Gasteiger partial charge < -0.3 is 5.11 Å². The number of nitrogens with zero attached hydrogens (tertiary/aromatic N) is 2. The Morgan fingerprint density at radius 1 is 1.17 bits per heavy atom. The normalized spacial score (nSPS) is 13.1. The lowest BCUT2D eigenvalue weighted by atomic mass is 10.0. The number of carboxylic acids is 1. The molecule has 5 rings (SSSR count). The van der Waals surface area contributed by atoms with Crippen molar-refractivity contribution in [2.24, 2.45) is 0 Å². The fourth-order valence-electron chi connectivity index (χ4n) is 3.81. The van der Waals surface area contributed by atoms with Crippen molar-refractivity contribution in [2.75, 3.05) is 0 Å². The Hall–Kier alpha value is -2.89. The first kappa shape index (κ1) is 25.2. The van der Waals surface area contributed by atoms with Crippen LogP contribution in [-0.4, -0.2) is 16.1 Å². The van der Waals surface area contributed by atoms with Gasteiger partial charge in [0.15, 0.2) is 0 Å². The Labute approximate surface area is 221 Å². The van der Waals surface area contributed by atoms with Crippen LogP contribution in [0.2, 0.25) is 5.02 Å². The topological polar surface area (TPSA) is 74.0 Å². The van der Waals surface area contributed by atoms with E-state index in [1.165, 1.54) is 16.0 Å². The first-order valence-electron chi connectivity index (χ1n) is 10.8. The van der Waals surface area contributed by atoms with E-state index in [1.807, 2.05) is 30.3 Å². The molecule has 0 aliphatic heterocycles. The van der Waals surface area contributed by atoms with Crippen LogP contribution in [0, 0.1) is 11.3 Å². The van der Waals surface area contributed by atoms with Crippen molar-refractivity contribution in [3.8, 4) is 16.5 Å². The van der Waals surface area contributed by atoms with Crippen molar-refractivity contribution < 1.29 is 9.90 Å². The van der Waals surface area contributed by atoms with Crippen LogP contribution in [0.25, 0.3) is 22.1 Å². The van der Waals surface area contributed by atoms with Crippen LogP contribution < -0.4 is 0 Å². The number of hydrogen-bond acceptors (Lipinski definition) is 6. The molecule has 1 aliphatic rings. The highest BCUT2D eigenvalue weighted by Crippen LogP contribution is 2.44. The summed E-state index contributed by atoms with van der Waals surface area (Å²) in [7, 11) is 0. The minimum Gasteiger partial charge on any atom is -0.481 e. The van der Waals surface area contributed by atoms with Gasteiger partial charge in [-0.15, -0.1) is 34.4 Å². The van der Waals surface area contributed by atoms with Gasteiger partial charge >= 0.3 is 0 Å². The van der Waals surface area contributed by atoms with E-state index < -0.39 is 5.97 Å². The lowest BCUT2D eigenvalue weighted by Crippen LogP contribution is -2.00. The molecule has 4 nitrogen and oxygen atoms in total. The standard InChI is InChI=1S/C25H17ClN2S3.C2H4O2/c26-18-8-5-16(6-9-18)15-31-25-21(14-27)23(22-4-2-12-30-22)20-10-7-17(24(20)28-25)13-19-3-1-11-29-19;1-2(3)4/h1-6,8-9,11-13H,7,10,15H2;1H3,(H,3,4). The van der Waals surface area contributed by atoms with Crippen LogP contribution >= 0.6 is 46.0 Å². The molecule has 35 heavy (non-hydrogen) atoms. The van der Waals surface area contributed by atoms with E-state index in [2.05, 4.69) is 41.1 Å². The molecule has 0 atom stereocenters. The highest BCUT2D eigenvalue weighted by atomic mass is 35.5. The second kappa shape index (κ2) is 11.7. The molecule has 3 aromatic heterocycles. The third-order valence-electron chi connectivity index (χ3n) is 5.24. The summed E-state index contributed by atoms with van der Waals surface area (Å²) in [6.07, 6.45) is 4.12. The molecule has 8 heteroatoms. The molecule has 0 unspecified atom stereocenters. The molecule has 0 amide bonds. The first-order chi connectivity index (χ1) is 17.0. The van der Waals surface area contributed by atoms with Gasteiger partial charge in [-0.1, -0.05) is 35.9 Å². The minimum atomic E-state index is -0.833. The van der Waals surface area contributed by atoms with Gasteiger partial charge in [0.05, 0.1) is 11.3 Å². The fourth-order valence-corrected chi connectivity index (χ4v) is 6.36. The average molecular weight is 537 g/mol. The molecule has 1 N–H and O–H groups in total. The third kappa shape index (κ3) is 6.22. The van der Waals surface area contributed by atoms with Crippen LogP contribution in [0.15, 0.2) is 64.3 Å². The molecule has 176 valence electrons. The Balaban J connectivity index is 0.000000672. The number of thioether (sulfide) groups is 1. The minimum absolute atomic E-state index is 0.692. The average Bonchev–Trinajstić information content (AvgIpc) is 3.61. The number of aromatic nitrogens is 1. The number of nitriles is 1. The smallest absolute Gasteiger partial charge is 0.300 e. The number of allylic oxidation sites excluding steroid dienone is 1. The number of halogens is 1. The second-order valence-electron chi connectivity index (χ2n) is 7.70. The van der Waals surface area contributed by atoms with Gasteiger partial charge in [-0.3, -0.25) is 4.79 Å². The Morgan fingerprint density at radius 2 is 1.89 bits per heavy atom. The molecule has 1 aliphatic carbocycles. The predicted octanol–water partition coefficient (Wildman–Crippen LogP) is 8.27. The van der Waals surface area contributed by atoms with Crippen LogP contribution in [0.5, 0.6) is 0 Å². The number of rotatable bonds is 5. The molecule has 0 spiro atoms. The SMILES string of the molecule is CC(=O)O.N#Cc1c(SCc2ccc(Cl)cc2)nc2c(c1-c1cccs1)CCC2=Cc1cccs1. The zero-order chi connectivity index (χ0) is 24.8. The Bertz CT molecular complexity index is 1380. The molecule has 3 heterocycles. The molecule has 0 saturated heterocycles. The summed E-state index contributed by atoms with van der Waals surface area (Å²) in [4.78, 5) is 16.4. The van der Waals surface area contributed by atoms with E-state index in [-0.39, 0.29) is 0 Å². The predicted molar refractivity (Wildman–Crippen MR) is 147 cm³/mol. The van der Waals surface area contributed by atoms with E-state index >= 15 is 0 Å². The van der Waals surface area contributed by atoms with Gasteiger partial charge in [0.2, 0.25) is 0 Å². The second-order valence-corrected chi connectivity index (χ2v) is 11.0. The largest absolute Gasteiger partial charge is 0.481 e. The highest BCUT2D eigenvalue weighted by molar-refractivity contribution is 7.98. The third-order valence-corrected chi connectivity index (χ3v) is 8.25. The number of thiophene rings is 2. The summed E-state index contributed by atoms with van der Waals surface area (Å²) in [5.74, 6) is -0.0918. The molecule has 4 aromatic rings. The zero-order valence-corrected chi connectivity index (χ0v) is 22.0. The van der Waals surface area contributed by atoms with E-state index in [0.717, 1.165) is 57.3 Å². The van der Waals surface area contributed by atoms with Crippen molar-refractivity contribution in [1.82, 2.24) is 4.98 Å². The van der Waals surface area contributed by atoms with E-state index in [4.69, 9.17) is 26.5 Å². The molecule has 0 saturated carbocycles. The number of benzene rings is 1. The van der Waals surface area contributed by atoms with E-state index in [9.17, 15) is 5.26 Å².